The number of benzene rings is 1. The Bertz CT molecular complexity index is 297. The largest absolute Gasteiger partial charge is 0.484 e. The molecular weight excluding hydrogens is 196 g/mol. The highest BCUT2D eigenvalue weighted by Crippen LogP contribution is 2.10. The van der Waals surface area contributed by atoms with Crippen molar-refractivity contribution in [3.05, 3.63) is 30.3 Å². The fourth-order valence-corrected chi connectivity index (χ4v) is 1.03. The van der Waals surface area contributed by atoms with Gasteiger partial charge in [0, 0.05) is 6.92 Å². The van der Waals surface area contributed by atoms with E-state index in [-0.39, 0.29) is 19.2 Å². The predicted octanol–water partition coefficient (Wildman–Crippen LogP) is 0.989. The van der Waals surface area contributed by atoms with E-state index in [4.69, 9.17) is 14.6 Å². The zero-order valence-electron chi connectivity index (χ0n) is 8.55. The lowest BCUT2D eigenvalue weighted by Gasteiger charge is -2.16. The van der Waals surface area contributed by atoms with Gasteiger partial charge < -0.3 is 14.6 Å². The van der Waals surface area contributed by atoms with Crippen LogP contribution in [0.1, 0.15) is 6.92 Å². The molecule has 15 heavy (non-hydrogen) atoms. The molecule has 0 aromatic heterocycles. The smallest absolute Gasteiger partial charge is 0.302 e. The Kier molecular flexibility index (Phi) is 4.63. The number of carbonyl (C=O) groups is 1. The number of hydrogen-bond acceptors (Lipinski definition) is 4. The zero-order valence-corrected chi connectivity index (χ0v) is 8.55. The van der Waals surface area contributed by atoms with E-state index in [1.807, 2.05) is 18.2 Å². The summed E-state index contributed by atoms with van der Waals surface area (Å²) in [6.07, 6.45) is -0.517. The van der Waals surface area contributed by atoms with Crippen LogP contribution in [0.2, 0.25) is 0 Å². The monoisotopic (exact) mass is 210 g/mol. The summed E-state index contributed by atoms with van der Waals surface area (Å²) in [5.74, 6) is 0.258. The Hall–Kier alpha value is -1.55. The summed E-state index contributed by atoms with van der Waals surface area (Å²) in [5.41, 5.74) is 0. The molecule has 0 saturated heterocycles. The van der Waals surface area contributed by atoms with Gasteiger partial charge in [-0.3, -0.25) is 4.79 Å². The number of aliphatic hydroxyl groups excluding tert-OH is 1. The molecule has 0 heterocycles. The third-order valence-electron chi connectivity index (χ3n) is 1.72. The Balaban J connectivity index is 2.43. The Morgan fingerprint density at radius 2 is 2.07 bits per heavy atom. The van der Waals surface area contributed by atoms with Crippen LogP contribution >= 0.6 is 0 Å². The van der Waals surface area contributed by atoms with Gasteiger partial charge in [-0.15, -0.1) is 0 Å². The molecule has 0 aliphatic carbocycles. The molecule has 0 fully saturated rings. The maximum absolute atomic E-state index is 10.6. The topological polar surface area (TPSA) is 55.8 Å². The van der Waals surface area contributed by atoms with Crippen LogP contribution < -0.4 is 4.74 Å². The molecular formula is C11H14O4. The van der Waals surface area contributed by atoms with Crippen LogP contribution in [0.4, 0.5) is 0 Å². The molecule has 0 radical (unpaired) electrons. The first kappa shape index (κ1) is 11.5. The summed E-state index contributed by atoms with van der Waals surface area (Å²) in [5, 5.41) is 8.98. The second-order valence-corrected chi connectivity index (χ2v) is 3.04. The fraction of sp³-hybridized carbons (Fsp3) is 0.364. The molecule has 0 saturated carbocycles. The van der Waals surface area contributed by atoms with Crippen molar-refractivity contribution in [2.45, 2.75) is 13.0 Å². The van der Waals surface area contributed by atoms with Crippen LogP contribution in [0.5, 0.6) is 5.75 Å². The van der Waals surface area contributed by atoms with Gasteiger partial charge in [-0.25, -0.2) is 0 Å². The Labute approximate surface area is 88.4 Å². The van der Waals surface area contributed by atoms with E-state index in [1.165, 1.54) is 6.92 Å². The van der Waals surface area contributed by atoms with Crippen LogP contribution in [0.25, 0.3) is 0 Å². The summed E-state index contributed by atoms with van der Waals surface area (Å²) in [6, 6.07) is 9.07. The molecule has 0 unspecified atom stereocenters. The highest BCUT2D eigenvalue weighted by Gasteiger charge is 2.10. The molecule has 0 spiro atoms. The maximum Gasteiger partial charge on any atom is 0.302 e. The van der Waals surface area contributed by atoms with Crippen LogP contribution in [-0.4, -0.2) is 30.4 Å². The maximum atomic E-state index is 10.6. The van der Waals surface area contributed by atoms with Gasteiger partial charge in [-0.1, -0.05) is 18.2 Å². The lowest BCUT2D eigenvalue weighted by atomic mass is 10.3. The van der Waals surface area contributed by atoms with Gasteiger partial charge in [-0.05, 0) is 12.1 Å². The van der Waals surface area contributed by atoms with E-state index < -0.39 is 6.10 Å². The van der Waals surface area contributed by atoms with Gasteiger partial charge in [0.15, 0.2) is 6.10 Å². The molecule has 0 aliphatic rings. The molecule has 1 aromatic rings. The van der Waals surface area contributed by atoms with Gasteiger partial charge in [-0.2, -0.15) is 0 Å². The van der Waals surface area contributed by atoms with E-state index in [0.29, 0.717) is 5.75 Å². The first-order valence-corrected chi connectivity index (χ1v) is 4.68. The van der Waals surface area contributed by atoms with Gasteiger partial charge >= 0.3 is 5.97 Å². The third kappa shape index (κ3) is 4.46. The second-order valence-electron chi connectivity index (χ2n) is 3.04. The van der Waals surface area contributed by atoms with Crippen molar-refractivity contribution >= 4 is 5.97 Å². The Morgan fingerprint density at radius 3 is 2.60 bits per heavy atom. The van der Waals surface area contributed by atoms with Crippen molar-refractivity contribution in [2.24, 2.45) is 0 Å². The van der Waals surface area contributed by atoms with Crippen molar-refractivity contribution in [3.8, 4) is 5.75 Å². The Morgan fingerprint density at radius 1 is 1.40 bits per heavy atom. The fourth-order valence-electron chi connectivity index (χ4n) is 1.03. The molecule has 4 heteroatoms. The molecule has 1 N–H and O–H groups in total. The molecule has 0 bridgehead atoms. The highest BCUT2D eigenvalue weighted by molar-refractivity contribution is 5.65. The quantitative estimate of drug-likeness (QED) is 0.736. The van der Waals surface area contributed by atoms with Crippen molar-refractivity contribution in [1.82, 2.24) is 0 Å². The van der Waals surface area contributed by atoms with Crippen molar-refractivity contribution in [2.75, 3.05) is 13.2 Å². The van der Waals surface area contributed by atoms with E-state index in [1.54, 1.807) is 12.1 Å². The van der Waals surface area contributed by atoms with Crippen molar-refractivity contribution in [3.63, 3.8) is 0 Å². The highest BCUT2D eigenvalue weighted by atomic mass is 16.6. The van der Waals surface area contributed by atoms with Crippen molar-refractivity contribution < 1.29 is 19.4 Å². The molecule has 1 aromatic carbocycles. The van der Waals surface area contributed by atoms with Gasteiger partial charge in [0.05, 0.1) is 6.61 Å². The first-order valence-electron chi connectivity index (χ1n) is 4.68. The number of para-hydroxylation sites is 1. The number of hydrogen-bond donors (Lipinski definition) is 1. The number of rotatable bonds is 5. The summed E-state index contributed by atoms with van der Waals surface area (Å²) in [6.45, 7) is 1.18. The molecule has 0 aliphatic heterocycles. The summed E-state index contributed by atoms with van der Waals surface area (Å²) < 4.78 is 10.1. The standard InChI is InChI=1S/C11H14O4/c1-9(13)14-8-11(7-12)15-10-5-3-2-4-6-10/h2-6,11-12H,7-8H2,1H3/t11-/m0/s1. The summed E-state index contributed by atoms with van der Waals surface area (Å²) in [7, 11) is 0. The van der Waals surface area contributed by atoms with E-state index in [2.05, 4.69) is 0 Å². The molecule has 4 nitrogen and oxygen atoms in total. The van der Waals surface area contributed by atoms with E-state index in [0.717, 1.165) is 0 Å². The average molecular weight is 210 g/mol. The number of aliphatic hydroxyl groups is 1. The number of carbonyl (C=O) groups excluding carboxylic acids is 1. The lowest BCUT2D eigenvalue weighted by Crippen LogP contribution is -2.28. The minimum absolute atomic E-state index is 0.0563. The van der Waals surface area contributed by atoms with Crippen molar-refractivity contribution in [1.29, 1.82) is 0 Å². The molecule has 1 atom stereocenters. The third-order valence-corrected chi connectivity index (χ3v) is 1.72. The zero-order chi connectivity index (χ0) is 11.1. The van der Waals surface area contributed by atoms with Crippen LogP contribution in [0.3, 0.4) is 0 Å². The molecule has 0 amide bonds. The summed E-state index contributed by atoms with van der Waals surface area (Å²) >= 11 is 0. The van der Waals surface area contributed by atoms with Crippen LogP contribution in [-0.2, 0) is 9.53 Å². The lowest BCUT2D eigenvalue weighted by molar-refractivity contribution is -0.143. The second kappa shape index (κ2) is 6.03. The number of esters is 1. The van der Waals surface area contributed by atoms with Gasteiger partial charge in [0.2, 0.25) is 0 Å². The van der Waals surface area contributed by atoms with Crippen LogP contribution in [0, 0.1) is 0 Å². The minimum atomic E-state index is -0.517. The van der Waals surface area contributed by atoms with Gasteiger partial charge in [0.25, 0.3) is 0 Å². The number of ether oxygens (including phenoxy) is 2. The van der Waals surface area contributed by atoms with Gasteiger partial charge in [0.1, 0.15) is 12.4 Å². The van der Waals surface area contributed by atoms with Crippen LogP contribution in [0.15, 0.2) is 30.3 Å². The first-order chi connectivity index (χ1) is 7.22. The molecule has 82 valence electrons. The van der Waals surface area contributed by atoms with E-state index in [9.17, 15) is 4.79 Å². The minimum Gasteiger partial charge on any atom is -0.484 e. The molecule has 1 rings (SSSR count). The van der Waals surface area contributed by atoms with E-state index >= 15 is 0 Å². The predicted molar refractivity (Wildman–Crippen MR) is 54.6 cm³/mol. The SMILES string of the molecule is CC(=O)OC[C@H](CO)Oc1ccccc1. The normalized spacial score (nSPS) is 11.9. The average Bonchev–Trinajstić information content (AvgIpc) is 2.25. The summed E-state index contributed by atoms with van der Waals surface area (Å²) in [4.78, 5) is 10.6.